The molecule has 4 aromatic carbocycles. The first-order chi connectivity index (χ1) is 31.9. The van der Waals surface area contributed by atoms with E-state index in [4.69, 9.17) is 24.2 Å². The molecule has 2 saturated heterocycles. The summed E-state index contributed by atoms with van der Waals surface area (Å²) in [6, 6.07) is 34.3. The number of imidazole rings is 2. The molecular weight excluding hydrogens is 830 g/mol. The molecule has 2 aliphatic rings. The van der Waals surface area contributed by atoms with E-state index in [1.54, 1.807) is 55.9 Å². The number of methoxy groups -OCH3 is 1. The van der Waals surface area contributed by atoms with Crippen molar-refractivity contribution in [2.45, 2.75) is 37.8 Å². The standard InChI is InChI=1S/C26H25FN4O2.C25H22F2N4O/c1-32-22-6-8-23(9-7-22)33-24-16-19(10-15-29-24)26-25(18-2-4-20(27)5-3-18)30-17-31(26)21-11-13-28-14-12-21;26-19-3-1-17(2-4-19)24-25(31(16-30-24)21-10-12-28-13-11-21)18-9-14-29-23(15-18)32-22-7-5-20(27)6-8-22/h2-10,15-17,21,28H,11-14H2,1H3;1-9,14-16,21,28H,10-13H2. The zero-order valence-electron chi connectivity index (χ0n) is 35.7. The molecular formula is C51H47F3N8O3. The molecule has 0 saturated carbocycles. The molecule has 0 aliphatic carbocycles. The van der Waals surface area contributed by atoms with Crippen LogP contribution in [0.25, 0.3) is 45.0 Å². The SMILES string of the molecule is COc1ccc(Oc2cc(-c3c(-c4ccc(F)cc4)ncn3C3CCNCC3)ccn2)cc1.Fc1ccc(Oc2cc(-c3c(-c4ccc(F)cc4)ncn3C3CCNCC3)ccn2)cc1. The van der Waals surface area contributed by atoms with Crippen LogP contribution in [0.3, 0.4) is 0 Å². The number of pyridine rings is 2. The normalized spacial score (nSPS) is 14.3. The lowest BCUT2D eigenvalue weighted by molar-refractivity contribution is 0.370. The van der Waals surface area contributed by atoms with Gasteiger partial charge in [0.2, 0.25) is 11.8 Å². The molecule has 2 aliphatic heterocycles. The Morgan fingerprint density at radius 2 is 0.831 bits per heavy atom. The van der Waals surface area contributed by atoms with Gasteiger partial charge in [0.15, 0.2) is 0 Å². The third-order valence-corrected chi connectivity index (χ3v) is 11.6. The minimum absolute atomic E-state index is 0.267. The number of halogens is 3. The van der Waals surface area contributed by atoms with Gasteiger partial charge in [-0.3, -0.25) is 0 Å². The Morgan fingerprint density at radius 1 is 0.462 bits per heavy atom. The van der Waals surface area contributed by atoms with Crippen LogP contribution in [0.15, 0.2) is 146 Å². The number of hydrogen-bond donors (Lipinski definition) is 2. The second-order valence-corrected chi connectivity index (χ2v) is 15.8. The number of nitrogens with zero attached hydrogens (tertiary/aromatic N) is 6. The number of aromatic nitrogens is 6. The molecule has 10 rings (SSSR count). The van der Waals surface area contributed by atoms with Crippen molar-refractivity contribution < 1.29 is 27.4 Å². The van der Waals surface area contributed by atoms with Crippen LogP contribution < -0.4 is 24.8 Å². The highest BCUT2D eigenvalue weighted by Gasteiger charge is 2.25. The van der Waals surface area contributed by atoms with Gasteiger partial charge in [-0.1, -0.05) is 0 Å². The van der Waals surface area contributed by atoms with E-state index in [-0.39, 0.29) is 17.5 Å². The fourth-order valence-corrected chi connectivity index (χ4v) is 8.27. The van der Waals surface area contributed by atoms with Crippen LogP contribution in [0, 0.1) is 17.5 Å². The van der Waals surface area contributed by atoms with Crippen molar-refractivity contribution in [3.8, 4) is 74.0 Å². The number of piperidine rings is 2. The highest BCUT2D eigenvalue weighted by Crippen LogP contribution is 2.39. The van der Waals surface area contributed by atoms with E-state index in [1.807, 2.05) is 61.2 Å². The van der Waals surface area contributed by atoms with Crippen LogP contribution in [-0.4, -0.2) is 62.4 Å². The van der Waals surface area contributed by atoms with Crippen molar-refractivity contribution in [2.24, 2.45) is 0 Å². The minimum atomic E-state index is -0.325. The Morgan fingerprint density at radius 3 is 1.23 bits per heavy atom. The molecule has 8 aromatic rings. The van der Waals surface area contributed by atoms with Gasteiger partial charge in [-0.25, -0.2) is 33.1 Å². The topological polar surface area (TPSA) is 113 Å². The predicted molar refractivity (Wildman–Crippen MR) is 244 cm³/mol. The Kier molecular flexibility index (Phi) is 13.3. The van der Waals surface area contributed by atoms with E-state index in [1.165, 1.54) is 36.4 Å². The molecule has 330 valence electrons. The summed E-state index contributed by atoms with van der Waals surface area (Å²) in [5.41, 5.74) is 7.07. The maximum atomic E-state index is 13.6. The fraction of sp³-hybridized carbons (Fsp3) is 0.216. The number of nitrogens with one attached hydrogen (secondary N) is 2. The summed E-state index contributed by atoms with van der Waals surface area (Å²) in [5.74, 6) is 1.95. The molecule has 2 N–H and O–H groups in total. The number of ether oxygens (including phenoxy) is 3. The molecule has 4 aromatic heterocycles. The lowest BCUT2D eigenvalue weighted by Crippen LogP contribution is -2.29. The van der Waals surface area contributed by atoms with E-state index in [9.17, 15) is 13.2 Å². The minimum Gasteiger partial charge on any atom is -0.497 e. The Balaban J connectivity index is 0.000000164. The summed E-state index contributed by atoms with van der Waals surface area (Å²) in [4.78, 5) is 18.2. The molecule has 14 heteroatoms. The van der Waals surface area contributed by atoms with Gasteiger partial charge in [-0.15, -0.1) is 0 Å². The molecule has 0 atom stereocenters. The van der Waals surface area contributed by atoms with E-state index < -0.39 is 0 Å². The van der Waals surface area contributed by atoms with Crippen molar-refractivity contribution in [3.05, 3.63) is 164 Å². The lowest BCUT2D eigenvalue weighted by Gasteiger charge is -2.26. The van der Waals surface area contributed by atoms with Crippen LogP contribution in [0.5, 0.6) is 29.0 Å². The maximum Gasteiger partial charge on any atom is 0.219 e. The quantitative estimate of drug-likeness (QED) is 0.131. The van der Waals surface area contributed by atoms with Crippen molar-refractivity contribution in [1.29, 1.82) is 0 Å². The molecule has 0 bridgehead atoms. The summed E-state index contributed by atoms with van der Waals surface area (Å²) in [6.45, 7) is 3.83. The van der Waals surface area contributed by atoms with Crippen molar-refractivity contribution in [1.82, 2.24) is 39.7 Å². The zero-order chi connectivity index (χ0) is 44.5. The number of benzene rings is 4. The van der Waals surface area contributed by atoms with E-state index in [0.717, 1.165) is 103 Å². The first kappa shape index (κ1) is 43.0. The summed E-state index contributed by atoms with van der Waals surface area (Å²) >= 11 is 0. The van der Waals surface area contributed by atoms with Crippen molar-refractivity contribution >= 4 is 0 Å². The van der Waals surface area contributed by atoms with Gasteiger partial charge in [-0.05, 0) is 161 Å². The summed E-state index contributed by atoms with van der Waals surface area (Å²) < 4.78 is 61.8. The van der Waals surface area contributed by atoms with Crippen molar-refractivity contribution in [2.75, 3.05) is 33.3 Å². The van der Waals surface area contributed by atoms with E-state index >= 15 is 0 Å². The molecule has 0 amide bonds. The lowest BCUT2D eigenvalue weighted by atomic mass is 10.0. The van der Waals surface area contributed by atoms with Gasteiger partial charge in [0.25, 0.3) is 0 Å². The van der Waals surface area contributed by atoms with Gasteiger partial charge < -0.3 is 34.0 Å². The monoisotopic (exact) mass is 876 g/mol. The largest absolute Gasteiger partial charge is 0.497 e. The van der Waals surface area contributed by atoms with E-state index in [0.29, 0.717) is 35.3 Å². The summed E-state index contributed by atoms with van der Waals surface area (Å²) in [5, 5.41) is 6.82. The van der Waals surface area contributed by atoms with Gasteiger partial charge >= 0.3 is 0 Å². The number of hydrogen-bond acceptors (Lipinski definition) is 9. The second-order valence-electron chi connectivity index (χ2n) is 15.8. The van der Waals surface area contributed by atoms with Gasteiger partial charge in [-0.2, -0.15) is 0 Å². The molecule has 6 heterocycles. The van der Waals surface area contributed by atoms with Gasteiger partial charge in [0.1, 0.15) is 34.7 Å². The molecule has 65 heavy (non-hydrogen) atoms. The summed E-state index contributed by atoms with van der Waals surface area (Å²) in [7, 11) is 1.63. The van der Waals surface area contributed by atoms with Gasteiger partial charge in [0, 0.05) is 58.9 Å². The fourth-order valence-electron chi connectivity index (χ4n) is 8.27. The first-order valence-corrected chi connectivity index (χ1v) is 21.6. The summed E-state index contributed by atoms with van der Waals surface area (Å²) in [6.07, 6.45) is 11.2. The maximum absolute atomic E-state index is 13.6. The smallest absolute Gasteiger partial charge is 0.219 e. The molecule has 0 spiro atoms. The highest BCUT2D eigenvalue weighted by atomic mass is 19.1. The zero-order valence-corrected chi connectivity index (χ0v) is 35.7. The molecule has 0 radical (unpaired) electrons. The third-order valence-electron chi connectivity index (χ3n) is 11.6. The van der Waals surface area contributed by atoms with Crippen LogP contribution in [0.4, 0.5) is 13.2 Å². The molecule has 2 fully saturated rings. The average molecular weight is 877 g/mol. The van der Waals surface area contributed by atoms with Crippen LogP contribution in [0.2, 0.25) is 0 Å². The van der Waals surface area contributed by atoms with Crippen molar-refractivity contribution in [3.63, 3.8) is 0 Å². The third kappa shape index (κ3) is 10.2. The Hall–Kier alpha value is -7.29. The van der Waals surface area contributed by atoms with Gasteiger partial charge in [0.05, 0.1) is 42.5 Å². The molecule has 0 unspecified atom stereocenters. The average Bonchev–Trinajstić information content (AvgIpc) is 4.00. The first-order valence-electron chi connectivity index (χ1n) is 21.6. The molecule has 11 nitrogen and oxygen atoms in total. The van der Waals surface area contributed by atoms with Crippen LogP contribution >= 0.6 is 0 Å². The predicted octanol–water partition coefficient (Wildman–Crippen LogP) is 11.1. The number of rotatable bonds is 11. The van der Waals surface area contributed by atoms with Crippen LogP contribution in [0.1, 0.15) is 37.8 Å². The highest BCUT2D eigenvalue weighted by molar-refractivity contribution is 5.80. The Labute approximate surface area is 374 Å². The second kappa shape index (κ2) is 20.0. The van der Waals surface area contributed by atoms with E-state index in [2.05, 4.69) is 29.7 Å². The Bertz CT molecular complexity index is 2800. The van der Waals surface area contributed by atoms with Crippen LogP contribution in [-0.2, 0) is 0 Å².